The van der Waals surface area contributed by atoms with Crippen molar-refractivity contribution in [2.45, 2.75) is 62.1 Å². The van der Waals surface area contributed by atoms with Crippen molar-refractivity contribution in [3.05, 3.63) is 47.7 Å². The van der Waals surface area contributed by atoms with Crippen molar-refractivity contribution in [1.29, 1.82) is 0 Å². The molecule has 2 aliphatic heterocycles. The molecule has 0 radical (unpaired) electrons. The molecule has 10 heteroatoms. The molecule has 0 spiro atoms. The summed E-state index contributed by atoms with van der Waals surface area (Å²) in [5.41, 5.74) is 1.86. The smallest absolute Gasteiger partial charge is 0.410 e. The first kappa shape index (κ1) is 25.8. The highest BCUT2D eigenvalue weighted by atomic mass is 32.2. The van der Waals surface area contributed by atoms with Crippen molar-refractivity contribution in [2.24, 2.45) is 24.8 Å². The summed E-state index contributed by atoms with van der Waals surface area (Å²) in [7, 11) is -1.87. The lowest BCUT2D eigenvalue weighted by molar-refractivity contribution is 0.0351. The maximum absolute atomic E-state index is 13.5. The van der Waals surface area contributed by atoms with Gasteiger partial charge in [-0.1, -0.05) is 30.3 Å². The van der Waals surface area contributed by atoms with Gasteiger partial charge in [0.25, 0.3) is 10.0 Å². The van der Waals surface area contributed by atoms with Crippen molar-refractivity contribution in [3.8, 4) is 0 Å². The number of rotatable bonds is 8. The number of nitrogens with zero attached hydrogens (tertiary/aromatic N) is 4. The largest absolute Gasteiger partial charge is 0.445 e. The highest BCUT2D eigenvalue weighted by Crippen LogP contribution is 2.44. The standard InChI is InChI=1S/C28H38N4O5S/c1-30-27(15-26(29-30)22-7-8-22)38(34,35)31-17-23-13-25(14-24(23)18-31)32(16-20-9-11-36-12-10-20)28(33)37-19-21-5-3-2-4-6-21/h2-6,15,20,22-25H,7-14,16-19H2,1H3. The molecule has 0 N–H and O–H groups in total. The number of carbonyl (C=O) groups excluding carboxylic acids is 1. The van der Waals surface area contributed by atoms with E-state index in [-0.39, 0.29) is 30.6 Å². The number of hydrogen-bond donors (Lipinski definition) is 0. The molecule has 6 rings (SSSR count). The van der Waals surface area contributed by atoms with Crippen LogP contribution < -0.4 is 0 Å². The van der Waals surface area contributed by atoms with Gasteiger partial charge < -0.3 is 14.4 Å². The summed E-state index contributed by atoms with van der Waals surface area (Å²) in [6.07, 6.45) is 5.41. The molecule has 9 nitrogen and oxygen atoms in total. The number of amides is 1. The predicted molar refractivity (Wildman–Crippen MR) is 141 cm³/mol. The van der Waals surface area contributed by atoms with E-state index in [9.17, 15) is 13.2 Å². The maximum Gasteiger partial charge on any atom is 0.410 e. The number of aryl methyl sites for hydroxylation is 1. The molecule has 2 aromatic rings. The number of aromatic nitrogens is 2. The Morgan fingerprint density at radius 1 is 1.08 bits per heavy atom. The van der Waals surface area contributed by atoms with Crippen LogP contribution in [-0.2, 0) is 33.2 Å². The van der Waals surface area contributed by atoms with E-state index in [2.05, 4.69) is 5.10 Å². The van der Waals surface area contributed by atoms with E-state index in [1.807, 2.05) is 35.2 Å². The number of sulfonamides is 1. The molecule has 2 aliphatic carbocycles. The van der Waals surface area contributed by atoms with Gasteiger partial charge in [0.05, 0.1) is 5.69 Å². The van der Waals surface area contributed by atoms with Gasteiger partial charge in [0.15, 0.2) is 5.03 Å². The van der Waals surface area contributed by atoms with E-state index < -0.39 is 10.0 Å². The van der Waals surface area contributed by atoms with Gasteiger partial charge in [0.2, 0.25) is 0 Å². The summed E-state index contributed by atoms with van der Waals surface area (Å²) in [6, 6.07) is 11.6. The Bertz CT molecular complexity index is 1230. The van der Waals surface area contributed by atoms with Crippen LogP contribution in [0.4, 0.5) is 4.79 Å². The van der Waals surface area contributed by atoms with Gasteiger partial charge in [0.1, 0.15) is 6.61 Å². The molecule has 1 aromatic carbocycles. The zero-order chi connectivity index (χ0) is 26.3. The average Bonchev–Trinajstić information content (AvgIpc) is 3.39. The van der Waals surface area contributed by atoms with Crippen LogP contribution in [0.2, 0.25) is 0 Å². The highest BCUT2D eigenvalue weighted by Gasteiger charge is 2.48. The minimum Gasteiger partial charge on any atom is -0.445 e. The first-order chi connectivity index (χ1) is 18.4. The zero-order valence-corrected chi connectivity index (χ0v) is 22.9. The van der Waals surface area contributed by atoms with Crippen LogP contribution in [0, 0.1) is 17.8 Å². The highest BCUT2D eigenvalue weighted by molar-refractivity contribution is 7.89. The fourth-order valence-corrected chi connectivity index (χ4v) is 8.17. The maximum atomic E-state index is 13.5. The van der Waals surface area contributed by atoms with Crippen LogP contribution >= 0.6 is 0 Å². The second-order valence-corrected chi connectivity index (χ2v) is 13.4. The van der Waals surface area contributed by atoms with E-state index in [4.69, 9.17) is 9.47 Å². The van der Waals surface area contributed by atoms with E-state index in [1.54, 1.807) is 17.4 Å². The number of fused-ring (bicyclic) bond motifs is 1. The molecule has 0 bridgehead atoms. The van der Waals surface area contributed by atoms with Crippen molar-refractivity contribution in [3.63, 3.8) is 0 Å². The van der Waals surface area contributed by atoms with Crippen molar-refractivity contribution >= 4 is 16.1 Å². The van der Waals surface area contributed by atoms with Crippen LogP contribution in [0.15, 0.2) is 41.4 Å². The topological polar surface area (TPSA) is 94.0 Å². The zero-order valence-electron chi connectivity index (χ0n) is 22.1. The van der Waals surface area contributed by atoms with Gasteiger partial charge in [-0.3, -0.25) is 4.68 Å². The third-order valence-corrected chi connectivity index (χ3v) is 10.7. The minimum absolute atomic E-state index is 0.0687. The lowest BCUT2D eigenvalue weighted by atomic mass is 9.98. The fourth-order valence-electron chi connectivity index (χ4n) is 6.48. The quantitative estimate of drug-likeness (QED) is 0.504. The Hall–Kier alpha value is -2.43. The molecule has 4 aliphatic rings. The van der Waals surface area contributed by atoms with Crippen molar-refractivity contribution in [2.75, 3.05) is 32.8 Å². The first-order valence-corrected chi connectivity index (χ1v) is 15.4. The van der Waals surface area contributed by atoms with Crippen LogP contribution in [0.1, 0.15) is 55.7 Å². The Kier molecular flexibility index (Phi) is 7.22. The number of ether oxygens (including phenoxy) is 2. The van der Waals surface area contributed by atoms with E-state index in [0.29, 0.717) is 36.5 Å². The molecule has 1 amide bonds. The number of carbonyl (C=O) groups is 1. The lowest BCUT2D eigenvalue weighted by Gasteiger charge is -2.34. The summed E-state index contributed by atoms with van der Waals surface area (Å²) in [4.78, 5) is 15.3. The summed E-state index contributed by atoms with van der Waals surface area (Å²) in [5.74, 6) is 1.29. The molecular weight excluding hydrogens is 504 g/mol. The molecule has 2 saturated heterocycles. The molecule has 4 fully saturated rings. The Morgan fingerprint density at radius 3 is 2.42 bits per heavy atom. The Morgan fingerprint density at radius 2 is 1.76 bits per heavy atom. The van der Waals surface area contributed by atoms with Crippen LogP contribution in [0.3, 0.4) is 0 Å². The minimum atomic E-state index is -3.60. The molecule has 38 heavy (non-hydrogen) atoms. The summed E-state index contributed by atoms with van der Waals surface area (Å²) in [6.45, 7) is 3.38. The van der Waals surface area contributed by atoms with Gasteiger partial charge >= 0.3 is 6.09 Å². The first-order valence-electron chi connectivity index (χ1n) is 14.0. The molecule has 3 heterocycles. The van der Waals surface area contributed by atoms with E-state index in [0.717, 1.165) is 63.0 Å². The van der Waals surface area contributed by atoms with Crippen molar-refractivity contribution < 1.29 is 22.7 Å². The fraction of sp³-hybridized carbons (Fsp3) is 0.643. The molecule has 2 saturated carbocycles. The summed E-state index contributed by atoms with van der Waals surface area (Å²) in [5, 5.41) is 4.77. The van der Waals surface area contributed by atoms with Crippen LogP contribution in [-0.4, -0.2) is 72.4 Å². The van der Waals surface area contributed by atoms with Gasteiger partial charge in [-0.25, -0.2) is 13.2 Å². The monoisotopic (exact) mass is 542 g/mol. The SMILES string of the molecule is Cn1nc(C2CC2)cc1S(=O)(=O)N1CC2CC(N(CC3CCOCC3)C(=O)OCc3ccccc3)CC2C1. The molecule has 2 atom stereocenters. The number of hydrogen-bond acceptors (Lipinski definition) is 6. The van der Waals surface area contributed by atoms with Crippen LogP contribution in [0.25, 0.3) is 0 Å². The average molecular weight is 543 g/mol. The van der Waals surface area contributed by atoms with Gasteiger partial charge in [-0.15, -0.1) is 0 Å². The van der Waals surface area contributed by atoms with Gasteiger partial charge in [-0.05, 0) is 61.8 Å². The summed E-state index contributed by atoms with van der Waals surface area (Å²) < 4.78 is 41.5. The van der Waals surface area contributed by atoms with E-state index in [1.165, 1.54) is 4.68 Å². The third kappa shape index (κ3) is 5.35. The van der Waals surface area contributed by atoms with Crippen LogP contribution in [0.5, 0.6) is 0 Å². The van der Waals surface area contributed by atoms with Gasteiger partial charge in [0, 0.05) is 57.9 Å². The predicted octanol–water partition coefficient (Wildman–Crippen LogP) is 3.76. The normalized spacial score (nSPS) is 26.4. The molecule has 2 unspecified atom stereocenters. The lowest BCUT2D eigenvalue weighted by Crippen LogP contribution is -2.44. The molecule has 1 aromatic heterocycles. The second kappa shape index (κ2) is 10.6. The molecular formula is C28H38N4O5S. The Balaban J connectivity index is 1.12. The van der Waals surface area contributed by atoms with Gasteiger partial charge in [-0.2, -0.15) is 9.40 Å². The molecule has 206 valence electrons. The third-order valence-electron chi connectivity index (χ3n) is 8.82. The van der Waals surface area contributed by atoms with E-state index >= 15 is 0 Å². The Labute approximate surface area is 225 Å². The number of benzene rings is 1. The summed E-state index contributed by atoms with van der Waals surface area (Å²) >= 11 is 0. The van der Waals surface area contributed by atoms with Crippen molar-refractivity contribution in [1.82, 2.24) is 19.0 Å². The second-order valence-electron chi connectivity index (χ2n) is 11.5.